The predicted octanol–water partition coefficient (Wildman–Crippen LogP) is 5.26. The Morgan fingerprint density at radius 3 is 2.79 bits per heavy atom. The lowest BCUT2D eigenvalue weighted by Gasteiger charge is -2.07. The van der Waals surface area contributed by atoms with E-state index in [0.717, 1.165) is 4.88 Å². The molecule has 2 heterocycles. The largest absolute Gasteiger partial charge is 0.323 e. The van der Waals surface area contributed by atoms with Gasteiger partial charge in [-0.25, -0.2) is 8.78 Å². The minimum atomic E-state index is -0.547. The first-order valence-electron chi connectivity index (χ1n) is 8.92. The van der Waals surface area contributed by atoms with Crippen LogP contribution in [0.25, 0.3) is 23.1 Å². The van der Waals surface area contributed by atoms with Gasteiger partial charge in [-0.3, -0.25) is 9.48 Å². The number of carbonyl (C=O) groups is 1. The first-order chi connectivity index (χ1) is 14.0. The van der Waals surface area contributed by atoms with Gasteiger partial charge in [0.05, 0.1) is 28.7 Å². The molecular formula is C22H17F2N3OS. The van der Waals surface area contributed by atoms with Crippen molar-refractivity contribution in [1.82, 2.24) is 9.78 Å². The highest BCUT2D eigenvalue weighted by Gasteiger charge is 2.17. The zero-order chi connectivity index (χ0) is 20.4. The lowest BCUT2D eigenvalue weighted by Crippen LogP contribution is -2.14. The van der Waals surface area contributed by atoms with Crippen LogP contribution in [0.1, 0.15) is 16.1 Å². The molecule has 0 bridgehead atoms. The minimum absolute atomic E-state index is 0.104. The van der Waals surface area contributed by atoms with Gasteiger partial charge in [-0.15, -0.1) is 11.3 Å². The number of aromatic nitrogens is 2. The number of hydrogen-bond acceptors (Lipinski definition) is 3. The SMILES string of the molecule is Cn1nc(/C=C/c2cccc(F)c2)c2c(F)c(NC(=O)Cc3cccs3)ccc21. The number of rotatable bonds is 5. The minimum Gasteiger partial charge on any atom is -0.323 e. The fourth-order valence-electron chi connectivity index (χ4n) is 3.11. The summed E-state index contributed by atoms with van der Waals surface area (Å²) in [7, 11) is 1.72. The highest BCUT2D eigenvalue weighted by molar-refractivity contribution is 7.10. The fraction of sp³-hybridized carbons (Fsp3) is 0.0909. The lowest BCUT2D eigenvalue weighted by molar-refractivity contribution is -0.115. The highest BCUT2D eigenvalue weighted by atomic mass is 32.1. The number of nitrogens with one attached hydrogen (secondary N) is 1. The van der Waals surface area contributed by atoms with E-state index in [1.165, 1.54) is 29.5 Å². The Bertz CT molecular complexity index is 1210. The number of thiophene rings is 1. The van der Waals surface area contributed by atoms with Crippen molar-refractivity contribution < 1.29 is 13.6 Å². The van der Waals surface area contributed by atoms with Gasteiger partial charge >= 0.3 is 0 Å². The molecule has 0 aliphatic heterocycles. The summed E-state index contributed by atoms with van der Waals surface area (Å²) in [5, 5.41) is 9.19. The van der Waals surface area contributed by atoms with Crippen molar-refractivity contribution in [2.45, 2.75) is 6.42 Å². The number of halogens is 2. The third kappa shape index (κ3) is 4.09. The number of aryl methyl sites for hydroxylation is 1. The maximum absolute atomic E-state index is 15.2. The standard InChI is InChI=1S/C22H17F2N3OS/c1-27-19-10-9-18(25-20(28)13-16-6-3-11-29-16)22(24)21(19)17(26-27)8-7-14-4-2-5-15(23)12-14/h2-12H,13H2,1H3,(H,25,28)/b8-7+. The van der Waals surface area contributed by atoms with E-state index >= 15 is 4.39 Å². The Labute approximate surface area is 170 Å². The van der Waals surface area contributed by atoms with Crippen LogP contribution in [0.4, 0.5) is 14.5 Å². The lowest BCUT2D eigenvalue weighted by atomic mass is 10.1. The van der Waals surface area contributed by atoms with Crippen LogP contribution in [0.5, 0.6) is 0 Å². The van der Waals surface area contributed by atoms with Gasteiger partial charge in [0.25, 0.3) is 0 Å². The summed E-state index contributed by atoms with van der Waals surface area (Å²) in [6.07, 6.45) is 3.50. The number of amides is 1. The number of benzene rings is 2. The van der Waals surface area contributed by atoms with Gasteiger partial charge in [0.2, 0.25) is 5.91 Å². The molecule has 0 saturated carbocycles. The maximum atomic E-state index is 15.2. The quantitative estimate of drug-likeness (QED) is 0.488. The molecule has 4 aromatic rings. The molecule has 0 unspecified atom stereocenters. The molecule has 0 radical (unpaired) electrons. The zero-order valence-corrected chi connectivity index (χ0v) is 16.3. The van der Waals surface area contributed by atoms with Crippen LogP contribution in [-0.2, 0) is 18.3 Å². The van der Waals surface area contributed by atoms with Crippen LogP contribution in [0.3, 0.4) is 0 Å². The molecule has 29 heavy (non-hydrogen) atoms. The topological polar surface area (TPSA) is 46.9 Å². The van der Waals surface area contributed by atoms with Crippen LogP contribution in [0, 0.1) is 11.6 Å². The molecule has 146 valence electrons. The van der Waals surface area contributed by atoms with E-state index in [4.69, 9.17) is 0 Å². The third-order valence-electron chi connectivity index (χ3n) is 4.45. The Morgan fingerprint density at radius 1 is 1.17 bits per heavy atom. The second-order valence-corrected chi connectivity index (χ2v) is 7.55. The average Bonchev–Trinajstić information content (AvgIpc) is 3.30. The summed E-state index contributed by atoms with van der Waals surface area (Å²) in [5.41, 5.74) is 1.74. The number of hydrogen-bond donors (Lipinski definition) is 1. The second kappa shape index (κ2) is 7.97. The average molecular weight is 409 g/mol. The van der Waals surface area contributed by atoms with E-state index in [-0.39, 0.29) is 23.8 Å². The van der Waals surface area contributed by atoms with Crippen LogP contribution in [0.2, 0.25) is 0 Å². The molecule has 0 atom stereocenters. The molecule has 0 fully saturated rings. The van der Waals surface area contributed by atoms with Crippen LogP contribution < -0.4 is 5.32 Å². The van der Waals surface area contributed by atoms with E-state index < -0.39 is 5.82 Å². The summed E-state index contributed by atoms with van der Waals surface area (Å²) >= 11 is 1.48. The van der Waals surface area contributed by atoms with E-state index in [2.05, 4.69) is 10.4 Å². The molecule has 0 aliphatic carbocycles. The molecule has 7 heteroatoms. The van der Waals surface area contributed by atoms with Crippen molar-refractivity contribution in [2.75, 3.05) is 5.32 Å². The zero-order valence-electron chi connectivity index (χ0n) is 15.5. The molecule has 2 aromatic carbocycles. The third-order valence-corrected chi connectivity index (χ3v) is 5.33. The summed E-state index contributed by atoms with van der Waals surface area (Å²) in [6, 6.07) is 13.1. The second-order valence-electron chi connectivity index (χ2n) is 6.52. The Hall–Kier alpha value is -3.32. The number of fused-ring (bicyclic) bond motifs is 1. The normalized spacial score (nSPS) is 11.4. The van der Waals surface area contributed by atoms with Crippen molar-refractivity contribution in [3.63, 3.8) is 0 Å². The Morgan fingerprint density at radius 2 is 2.03 bits per heavy atom. The molecule has 0 saturated heterocycles. The van der Waals surface area contributed by atoms with Crippen molar-refractivity contribution in [3.05, 3.63) is 81.7 Å². The van der Waals surface area contributed by atoms with Gasteiger partial charge in [0, 0.05) is 11.9 Å². The van der Waals surface area contributed by atoms with Crippen molar-refractivity contribution >= 4 is 46.0 Å². The van der Waals surface area contributed by atoms with Gasteiger partial charge in [0.15, 0.2) is 5.82 Å². The van der Waals surface area contributed by atoms with Gasteiger partial charge in [-0.1, -0.05) is 24.3 Å². The summed E-state index contributed by atoms with van der Waals surface area (Å²) in [4.78, 5) is 13.2. The van der Waals surface area contributed by atoms with E-state index in [9.17, 15) is 9.18 Å². The first-order valence-corrected chi connectivity index (χ1v) is 9.80. The summed E-state index contributed by atoms with van der Waals surface area (Å²) < 4.78 is 30.2. The predicted molar refractivity (Wildman–Crippen MR) is 113 cm³/mol. The van der Waals surface area contributed by atoms with Crippen molar-refractivity contribution in [2.24, 2.45) is 7.05 Å². The molecule has 0 aliphatic rings. The molecular weight excluding hydrogens is 392 g/mol. The van der Waals surface area contributed by atoms with Crippen molar-refractivity contribution in [3.8, 4) is 0 Å². The summed E-state index contributed by atoms with van der Waals surface area (Å²) in [5.74, 6) is -1.18. The van der Waals surface area contributed by atoms with E-state index in [1.807, 2.05) is 17.5 Å². The first kappa shape index (κ1) is 19.0. The Kier molecular flexibility index (Phi) is 5.22. The molecule has 4 nitrogen and oxygen atoms in total. The fourth-order valence-corrected chi connectivity index (χ4v) is 3.81. The van der Waals surface area contributed by atoms with E-state index in [0.29, 0.717) is 22.2 Å². The number of carbonyl (C=O) groups excluding carboxylic acids is 1. The molecule has 0 spiro atoms. The summed E-state index contributed by atoms with van der Waals surface area (Å²) in [6.45, 7) is 0. The molecule has 4 rings (SSSR count). The Balaban J connectivity index is 1.65. The molecule has 2 aromatic heterocycles. The van der Waals surface area contributed by atoms with E-state index in [1.54, 1.807) is 42.1 Å². The van der Waals surface area contributed by atoms with Gasteiger partial charge in [-0.05, 0) is 47.4 Å². The molecule has 1 amide bonds. The van der Waals surface area contributed by atoms with Gasteiger partial charge in [-0.2, -0.15) is 5.10 Å². The van der Waals surface area contributed by atoms with Crippen LogP contribution in [0.15, 0.2) is 53.9 Å². The number of nitrogens with zero attached hydrogens (tertiary/aromatic N) is 2. The van der Waals surface area contributed by atoms with Crippen molar-refractivity contribution in [1.29, 1.82) is 0 Å². The smallest absolute Gasteiger partial charge is 0.229 e. The highest BCUT2D eigenvalue weighted by Crippen LogP contribution is 2.28. The van der Waals surface area contributed by atoms with Crippen LogP contribution >= 0.6 is 11.3 Å². The van der Waals surface area contributed by atoms with Crippen LogP contribution in [-0.4, -0.2) is 15.7 Å². The monoisotopic (exact) mass is 409 g/mol. The molecule has 1 N–H and O–H groups in total. The van der Waals surface area contributed by atoms with Gasteiger partial charge in [0.1, 0.15) is 5.82 Å². The number of anilines is 1. The maximum Gasteiger partial charge on any atom is 0.229 e. The van der Waals surface area contributed by atoms with Gasteiger partial charge < -0.3 is 5.32 Å².